The van der Waals surface area contributed by atoms with Crippen molar-refractivity contribution in [1.82, 2.24) is 0 Å². The lowest BCUT2D eigenvalue weighted by Crippen LogP contribution is -2.12. The molecule has 0 aliphatic carbocycles. The quantitative estimate of drug-likeness (QED) is 0.151. The first-order chi connectivity index (χ1) is 28.8. The third-order valence-electron chi connectivity index (χ3n) is 11.5. The molecule has 0 amide bonds. The van der Waals surface area contributed by atoms with Crippen LogP contribution in [0.3, 0.4) is 0 Å². The van der Waals surface area contributed by atoms with Gasteiger partial charge in [-0.25, -0.2) is 0 Å². The zero-order chi connectivity index (χ0) is 38.4. The second-order valence-electron chi connectivity index (χ2n) is 14.8. The molecule has 2 heteroatoms. The van der Waals surface area contributed by atoms with Crippen LogP contribution in [-0.2, 0) is 0 Å². The molecule has 58 heavy (non-hydrogen) atoms. The van der Waals surface area contributed by atoms with Gasteiger partial charge in [0.1, 0.15) is 11.2 Å². The van der Waals surface area contributed by atoms with Gasteiger partial charge >= 0.3 is 0 Å². The Bertz CT molecular complexity index is 3270. The summed E-state index contributed by atoms with van der Waals surface area (Å²) in [5.74, 6) is 0. The monoisotopic (exact) mass is 739 g/mol. The molecule has 0 saturated heterocycles. The van der Waals surface area contributed by atoms with E-state index in [1.54, 1.807) is 0 Å². The van der Waals surface area contributed by atoms with E-state index in [9.17, 15) is 0 Å². The van der Waals surface area contributed by atoms with Crippen LogP contribution in [0.2, 0.25) is 0 Å². The fraction of sp³-hybridized carbons (Fsp3) is 0. The summed E-state index contributed by atoms with van der Waals surface area (Å²) in [4.78, 5) is 2.48. The Labute approximate surface area is 337 Å². The molecule has 0 atom stereocenters. The van der Waals surface area contributed by atoms with Crippen LogP contribution in [0.1, 0.15) is 0 Å². The molecule has 0 aliphatic heterocycles. The minimum atomic E-state index is 0.900. The molecule has 0 aliphatic rings. The summed E-state index contributed by atoms with van der Waals surface area (Å²) in [6, 6.07) is 80.8. The number of para-hydroxylation sites is 2. The van der Waals surface area contributed by atoms with Crippen molar-refractivity contribution >= 4 is 60.5 Å². The molecule has 0 saturated carbocycles. The average molecular weight is 740 g/mol. The number of rotatable bonds is 7. The van der Waals surface area contributed by atoms with Crippen molar-refractivity contribution in [2.75, 3.05) is 4.90 Å². The molecular formula is C56H37NO. The number of hydrogen-bond acceptors (Lipinski definition) is 2. The maximum absolute atomic E-state index is 6.50. The summed E-state index contributed by atoms with van der Waals surface area (Å²) in [5.41, 5.74) is 14.3. The maximum atomic E-state index is 6.50. The third kappa shape index (κ3) is 5.66. The van der Waals surface area contributed by atoms with E-state index < -0.39 is 0 Å². The van der Waals surface area contributed by atoms with Crippen LogP contribution < -0.4 is 4.90 Å². The summed E-state index contributed by atoms with van der Waals surface area (Å²) < 4.78 is 6.50. The van der Waals surface area contributed by atoms with Gasteiger partial charge in [-0.2, -0.15) is 0 Å². The molecule has 0 N–H and O–H groups in total. The summed E-state index contributed by atoms with van der Waals surface area (Å²) in [6.07, 6.45) is 0. The Morgan fingerprint density at radius 1 is 0.310 bits per heavy atom. The van der Waals surface area contributed by atoms with Gasteiger partial charge < -0.3 is 9.32 Å². The first-order valence-electron chi connectivity index (χ1n) is 19.8. The van der Waals surface area contributed by atoms with Crippen LogP contribution >= 0.6 is 0 Å². The molecule has 0 fully saturated rings. The normalized spacial score (nSPS) is 11.4. The minimum absolute atomic E-state index is 0.900. The largest absolute Gasteiger partial charge is 0.455 e. The number of benzene rings is 10. The van der Waals surface area contributed by atoms with E-state index in [2.05, 4.69) is 217 Å². The molecular weight excluding hydrogens is 703 g/mol. The van der Waals surface area contributed by atoms with E-state index in [4.69, 9.17) is 4.42 Å². The molecule has 0 radical (unpaired) electrons. The molecule has 0 spiro atoms. The highest BCUT2D eigenvalue weighted by molar-refractivity contribution is 6.16. The van der Waals surface area contributed by atoms with E-state index in [0.29, 0.717) is 0 Å². The SMILES string of the molecule is c1ccc(-c2ccccc2-c2c(-c3ccccc3)cccc2N(c2ccc(-c3cccc4c3oc3ccccc34)cc2)c2cc3ccccc3c3ccccc23)cc1. The Balaban J connectivity index is 1.20. The number of furan rings is 1. The predicted octanol–water partition coefficient (Wildman–Crippen LogP) is 16.0. The van der Waals surface area contributed by atoms with Gasteiger partial charge in [-0.15, -0.1) is 0 Å². The fourth-order valence-corrected chi connectivity index (χ4v) is 8.83. The Morgan fingerprint density at radius 2 is 0.845 bits per heavy atom. The van der Waals surface area contributed by atoms with Gasteiger partial charge in [0.05, 0.1) is 11.4 Å². The third-order valence-corrected chi connectivity index (χ3v) is 11.5. The van der Waals surface area contributed by atoms with Crippen molar-refractivity contribution in [2.24, 2.45) is 0 Å². The van der Waals surface area contributed by atoms with Gasteiger partial charge in [0, 0.05) is 33.0 Å². The fourth-order valence-electron chi connectivity index (χ4n) is 8.83. The molecule has 11 rings (SSSR count). The number of nitrogens with zero attached hydrogens (tertiary/aromatic N) is 1. The summed E-state index contributed by atoms with van der Waals surface area (Å²) in [5, 5.41) is 7.10. The van der Waals surface area contributed by atoms with Crippen LogP contribution in [0.5, 0.6) is 0 Å². The van der Waals surface area contributed by atoms with Gasteiger partial charge in [0.25, 0.3) is 0 Å². The smallest absolute Gasteiger partial charge is 0.143 e. The molecule has 10 aromatic carbocycles. The van der Waals surface area contributed by atoms with Gasteiger partial charge in [0.15, 0.2) is 0 Å². The summed E-state index contributed by atoms with van der Waals surface area (Å²) in [7, 11) is 0. The van der Waals surface area contributed by atoms with Gasteiger partial charge in [0.2, 0.25) is 0 Å². The topological polar surface area (TPSA) is 16.4 Å². The highest BCUT2D eigenvalue weighted by Gasteiger charge is 2.25. The van der Waals surface area contributed by atoms with E-state index in [1.807, 2.05) is 12.1 Å². The highest BCUT2D eigenvalue weighted by Crippen LogP contribution is 2.50. The molecule has 272 valence electrons. The van der Waals surface area contributed by atoms with Crippen LogP contribution in [0.4, 0.5) is 17.1 Å². The molecule has 11 aromatic rings. The first kappa shape index (κ1) is 33.6. The molecule has 0 unspecified atom stereocenters. The maximum Gasteiger partial charge on any atom is 0.143 e. The molecule has 0 bridgehead atoms. The van der Waals surface area contributed by atoms with Crippen LogP contribution in [0, 0.1) is 0 Å². The lowest BCUT2D eigenvalue weighted by molar-refractivity contribution is 0.670. The number of fused-ring (bicyclic) bond motifs is 6. The van der Waals surface area contributed by atoms with Crippen LogP contribution in [0.25, 0.3) is 88.0 Å². The summed E-state index contributed by atoms with van der Waals surface area (Å²) in [6.45, 7) is 0. The van der Waals surface area contributed by atoms with Crippen LogP contribution in [-0.4, -0.2) is 0 Å². The van der Waals surface area contributed by atoms with E-state index in [-0.39, 0.29) is 0 Å². The van der Waals surface area contributed by atoms with Crippen molar-refractivity contribution in [2.45, 2.75) is 0 Å². The highest BCUT2D eigenvalue weighted by atomic mass is 16.3. The lowest BCUT2D eigenvalue weighted by Gasteiger charge is -2.31. The first-order valence-corrected chi connectivity index (χ1v) is 19.8. The summed E-state index contributed by atoms with van der Waals surface area (Å²) >= 11 is 0. The van der Waals surface area contributed by atoms with Crippen molar-refractivity contribution in [1.29, 1.82) is 0 Å². The van der Waals surface area contributed by atoms with E-state index in [0.717, 1.165) is 50.1 Å². The average Bonchev–Trinajstić information content (AvgIpc) is 3.69. The van der Waals surface area contributed by atoms with Gasteiger partial charge in [-0.05, 0) is 79.9 Å². The Morgan fingerprint density at radius 3 is 1.62 bits per heavy atom. The second-order valence-corrected chi connectivity index (χ2v) is 14.8. The number of anilines is 3. The Hall–Kier alpha value is -7.68. The van der Waals surface area contributed by atoms with Crippen molar-refractivity contribution in [3.05, 3.63) is 224 Å². The van der Waals surface area contributed by atoms with Gasteiger partial charge in [-0.3, -0.25) is 0 Å². The van der Waals surface area contributed by atoms with Crippen molar-refractivity contribution < 1.29 is 4.42 Å². The van der Waals surface area contributed by atoms with Crippen molar-refractivity contribution in [3.63, 3.8) is 0 Å². The van der Waals surface area contributed by atoms with Crippen molar-refractivity contribution in [3.8, 4) is 44.5 Å². The lowest BCUT2D eigenvalue weighted by atomic mass is 9.87. The zero-order valence-corrected chi connectivity index (χ0v) is 31.7. The minimum Gasteiger partial charge on any atom is -0.455 e. The molecule has 1 heterocycles. The van der Waals surface area contributed by atoms with E-state index in [1.165, 1.54) is 54.9 Å². The van der Waals surface area contributed by atoms with Crippen LogP contribution in [0.15, 0.2) is 229 Å². The predicted molar refractivity (Wildman–Crippen MR) is 245 cm³/mol. The zero-order valence-electron chi connectivity index (χ0n) is 31.7. The Kier molecular flexibility index (Phi) is 8.19. The van der Waals surface area contributed by atoms with Gasteiger partial charge in [-0.1, -0.05) is 194 Å². The molecule has 1 aromatic heterocycles. The van der Waals surface area contributed by atoms with E-state index >= 15 is 0 Å². The standard InChI is InChI=1S/C56H37NO/c1-3-17-38(18-4-1)43-22-9-12-27-50(43)55-45(39-19-5-2-6-20-39)28-16-31-52(55)57(53-37-41-21-7-8-23-44(41)47-24-10-11-25-48(47)53)42-35-33-40(34-36-42)46-29-15-30-51-49-26-13-14-32-54(49)58-56(46)51/h1-37H. The second kappa shape index (κ2) is 14.1. The molecule has 2 nitrogen and oxygen atoms in total. The number of hydrogen-bond donors (Lipinski definition) is 0.